The average molecular weight is 524 g/mol. The molecule has 184 valence electrons. The molecule has 5 nitrogen and oxygen atoms in total. The van der Waals surface area contributed by atoms with Crippen molar-refractivity contribution in [1.82, 2.24) is 10.2 Å². The molecule has 0 saturated heterocycles. The van der Waals surface area contributed by atoms with Crippen molar-refractivity contribution >= 4 is 46.8 Å². The minimum atomic E-state index is -0.583. The normalized spacial score (nSPS) is 14.9. The van der Waals surface area contributed by atoms with E-state index in [0.717, 1.165) is 42.6 Å². The van der Waals surface area contributed by atoms with Gasteiger partial charge in [0.15, 0.2) is 0 Å². The summed E-state index contributed by atoms with van der Waals surface area (Å²) in [6.07, 6.45) is 5.49. The Morgan fingerprint density at radius 2 is 1.91 bits per heavy atom. The summed E-state index contributed by atoms with van der Waals surface area (Å²) in [5, 5.41) is 4.33. The molecule has 2 aromatic rings. The third-order valence-electron chi connectivity index (χ3n) is 6.10. The van der Waals surface area contributed by atoms with Crippen LogP contribution in [-0.2, 0) is 21.9 Å². The van der Waals surface area contributed by atoms with E-state index >= 15 is 0 Å². The van der Waals surface area contributed by atoms with Gasteiger partial charge in [0.05, 0.1) is 12.9 Å². The summed E-state index contributed by atoms with van der Waals surface area (Å²) in [5.74, 6) is 1.34. The van der Waals surface area contributed by atoms with Crippen molar-refractivity contribution in [3.63, 3.8) is 0 Å². The van der Waals surface area contributed by atoms with Crippen molar-refractivity contribution in [3.05, 3.63) is 63.6 Å². The number of nitrogens with zero attached hydrogens (tertiary/aromatic N) is 1. The van der Waals surface area contributed by atoms with Gasteiger partial charge in [0, 0.05) is 28.4 Å². The fourth-order valence-electron chi connectivity index (χ4n) is 4.09. The maximum Gasteiger partial charge on any atom is 0.242 e. The predicted octanol–water partition coefficient (Wildman–Crippen LogP) is 6.10. The minimum absolute atomic E-state index is 0.0933. The second kappa shape index (κ2) is 13.3. The summed E-state index contributed by atoms with van der Waals surface area (Å²) in [6, 6.07) is 12.6. The van der Waals surface area contributed by atoms with Crippen molar-refractivity contribution in [1.29, 1.82) is 0 Å². The summed E-state index contributed by atoms with van der Waals surface area (Å²) < 4.78 is 5.33. The van der Waals surface area contributed by atoms with E-state index in [1.807, 2.05) is 30.3 Å². The van der Waals surface area contributed by atoms with Crippen molar-refractivity contribution < 1.29 is 14.3 Å². The highest BCUT2D eigenvalue weighted by Crippen LogP contribution is 2.25. The average Bonchev–Trinajstić information content (AvgIpc) is 2.84. The van der Waals surface area contributed by atoms with Gasteiger partial charge in [-0.15, -0.1) is 11.8 Å². The smallest absolute Gasteiger partial charge is 0.242 e. The first-order chi connectivity index (χ1) is 16.4. The van der Waals surface area contributed by atoms with Gasteiger partial charge in [0.25, 0.3) is 0 Å². The number of hydrogen-bond acceptors (Lipinski definition) is 4. The first-order valence-corrected chi connectivity index (χ1v) is 13.5. The zero-order valence-corrected chi connectivity index (χ0v) is 22.0. The highest BCUT2D eigenvalue weighted by Gasteiger charge is 2.28. The van der Waals surface area contributed by atoms with Gasteiger partial charge in [0.2, 0.25) is 11.8 Å². The van der Waals surface area contributed by atoms with Gasteiger partial charge in [-0.25, -0.2) is 0 Å². The van der Waals surface area contributed by atoms with E-state index in [2.05, 4.69) is 5.32 Å². The molecule has 1 aliphatic carbocycles. The number of carbonyl (C=O) groups excluding carboxylic acids is 2. The molecule has 0 heterocycles. The molecule has 2 amide bonds. The standard InChI is InChI=1S/C26H32Cl2N2O3S/c1-18(26(32)29-22-8-4-3-5-9-22)30(15-19-7-6-10-23(13-19)33-2)25(31)17-34-16-20-11-12-21(27)14-24(20)28/h6-7,10-14,18,22H,3-5,8-9,15-17H2,1-2H3,(H,29,32). The number of rotatable bonds is 10. The zero-order valence-electron chi connectivity index (χ0n) is 19.7. The summed E-state index contributed by atoms with van der Waals surface area (Å²) >= 11 is 13.7. The molecule has 0 bridgehead atoms. The van der Waals surface area contributed by atoms with E-state index in [1.165, 1.54) is 18.2 Å². The van der Waals surface area contributed by atoms with E-state index in [-0.39, 0.29) is 23.6 Å². The maximum atomic E-state index is 13.3. The number of halogens is 2. The van der Waals surface area contributed by atoms with E-state index in [0.29, 0.717) is 22.3 Å². The van der Waals surface area contributed by atoms with Crippen molar-refractivity contribution in [3.8, 4) is 5.75 Å². The van der Waals surface area contributed by atoms with Crippen LogP contribution in [0.2, 0.25) is 10.0 Å². The number of nitrogens with one attached hydrogen (secondary N) is 1. The van der Waals surface area contributed by atoms with Crippen LogP contribution >= 0.6 is 35.0 Å². The van der Waals surface area contributed by atoms with Crippen LogP contribution in [0.25, 0.3) is 0 Å². The van der Waals surface area contributed by atoms with E-state index in [9.17, 15) is 9.59 Å². The van der Waals surface area contributed by atoms with Crippen LogP contribution in [0.4, 0.5) is 0 Å². The first-order valence-electron chi connectivity index (χ1n) is 11.6. The third kappa shape index (κ3) is 7.82. The summed E-state index contributed by atoms with van der Waals surface area (Å²) in [7, 11) is 1.61. The quantitative estimate of drug-likeness (QED) is 0.409. The lowest BCUT2D eigenvalue weighted by molar-refractivity contribution is -0.139. The molecule has 1 N–H and O–H groups in total. The van der Waals surface area contributed by atoms with Crippen LogP contribution in [-0.4, -0.2) is 41.7 Å². The molecule has 3 rings (SSSR count). The Morgan fingerprint density at radius 3 is 2.62 bits per heavy atom. The Kier molecular flexibility index (Phi) is 10.4. The molecule has 1 fully saturated rings. The number of hydrogen-bond donors (Lipinski definition) is 1. The molecule has 34 heavy (non-hydrogen) atoms. The molecule has 8 heteroatoms. The lowest BCUT2D eigenvalue weighted by Gasteiger charge is -2.31. The largest absolute Gasteiger partial charge is 0.497 e. The number of amides is 2. The second-order valence-corrected chi connectivity index (χ2v) is 10.5. The SMILES string of the molecule is COc1cccc(CN(C(=O)CSCc2ccc(Cl)cc2Cl)C(C)C(=O)NC2CCCCC2)c1. The predicted molar refractivity (Wildman–Crippen MR) is 141 cm³/mol. The van der Waals surface area contributed by atoms with Crippen LogP contribution in [0.3, 0.4) is 0 Å². The van der Waals surface area contributed by atoms with Crippen molar-refractivity contribution in [2.75, 3.05) is 12.9 Å². The lowest BCUT2D eigenvalue weighted by Crippen LogP contribution is -2.50. The molecule has 1 unspecified atom stereocenters. The number of methoxy groups -OCH3 is 1. The van der Waals surface area contributed by atoms with Crippen molar-refractivity contribution in [2.45, 2.75) is 63.4 Å². The van der Waals surface area contributed by atoms with Gasteiger partial charge >= 0.3 is 0 Å². The van der Waals surface area contributed by atoms with Gasteiger partial charge in [0.1, 0.15) is 11.8 Å². The van der Waals surface area contributed by atoms with Gasteiger partial charge in [-0.1, -0.05) is 60.7 Å². The number of thioether (sulfide) groups is 1. The molecule has 1 saturated carbocycles. The molecule has 0 aliphatic heterocycles. The zero-order chi connectivity index (χ0) is 24.5. The van der Waals surface area contributed by atoms with E-state index < -0.39 is 6.04 Å². The van der Waals surface area contributed by atoms with Crippen LogP contribution in [0, 0.1) is 0 Å². The molecule has 0 aromatic heterocycles. The Balaban J connectivity index is 1.68. The summed E-state index contributed by atoms with van der Waals surface area (Å²) in [5.41, 5.74) is 1.84. The van der Waals surface area contributed by atoms with Gasteiger partial charge < -0.3 is 15.0 Å². The summed E-state index contributed by atoms with van der Waals surface area (Å²) in [6.45, 7) is 2.13. The lowest BCUT2D eigenvalue weighted by atomic mass is 9.95. The van der Waals surface area contributed by atoms with Crippen LogP contribution in [0.5, 0.6) is 5.75 Å². The Bertz CT molecular complexity index is 982. The summed E-state index contributed by atoms with van der Waals surface area (Å²) in [4.78, 5) is 28.0. The molecule has 0 radical (unpaired) electrons. The fourth-order valence-corrected chi connectivity index (χ4v) is 5.56. The Labute approximate surface area is 216 Å². The molecule has 2 aromatic carbocycles. The highest BCUT2D eigenvalue weighted by molar-refractivity contribution is 7.99. The van der Waals surface area contributed by atoms with E-state index in [4.69, 9.17) is 27.9 Å². The molecular formula is C26H32Cl2N2O3S. The Hall–Kier alpha value is -1.89. The second-order valence-electron chi connectivity index (χ2n) is 8.62. The topological polar surface area (TPSA) is 58.6 Å². The fraction of sp³-hybridized carbons (Fsp3) is 0.462. The van der Waals surface area contributed by atoms with Gasteiger partial charge in [-0.05, 0) is 55.2 Å². The van der Waals surface area contributed by atoms with E-state index in [1.54, 1.807) is 31.1 Å². The Morgan fingerprint density at radius 1 is 1.15 bits per heavy atom. The van der Waals surface area contributed by atoms with Crippen LogP contribution in [0.15, 0.2) is 42.5 Å². The van der Waals surface area contributed by atoms with Gasteiger partial charge in [-0.3, -0.25) is 9.59 Å². The number of carbonyl (C=O) groups is 2. The molecule has 1 aliphatic rings. The molecular weight excluding hydrogens is 491 g/mol. The third-order valence-corrected chi connectivity index (χ3v) is 7.66. The van der Waals surface area contributed by atoms with Crippen LogP contribution < -0.4 is 10.1 Å². The maximum absolute atomic E-state index is 13.3. The van der Waals surface area contributed by atoms with Crippen LogP contribution in [0.1, 0.15) is 50.2 Å². The van der Waals surface area contributed by atoms with Crippen molar-refractivity contribution in [2.24, 2.45) is 0 Å². The monoisotopic (exact) mass is 522 g/mol. The number of benzene rings is 2. The number of ether oxygens (including phenoxy) is 1. The van der Waals surface area contributed by atoms with Gasteiger partial charge in [-0.2, -0.15) is 0 Å². The molecule has 0 spiro atoms. The highest BCUT2D eigenvalue weighted by atomic mass is 35.5. The molecule has 1 atom stereocenters. The first kappa shape index (κ1) is 26.7. The minimum Gasteiger partial charge on any atom is -0.497 e.